The van der Waals surface area contributed by atoms with Crippen LogP contribution in [-0.2, 0) is 9.53 Å². The number of hydrogen-bond acceptors (Lipinski definition) is 2. The van der Waals surface area contributed by atoms with Crippen LogP contribution in [0.2, 0.25) is 0 Å². The van der Waals surface area contributed by atoms with Crippen molar-refractivity contribution in [1.29, 1.82) is 0 Å². The number of ether oxygens (including phenoxy) is 1. The highest BCUT2D eigenvalue weighted by Gasteiger charge is 2.50. The normalized spacial score (nSPS) is 32.8. The van der Waals surface area contributed by atoms with Gasteiger partial charge < -0.3 is 4.74 Å². The van der Waals surface area contributed by atoms with E-state index in [1.54, 1.807) is 5.57 Å². The number of esters is 1. The van der Waals surface area contributed by atoms with Crippen LogP contribution >= 0.6 is 0 Å². The maximum Gasteiger partial charge on any atom is 0.302 e. The molecule has 2 aliphatic carbocycles. The highest BCUT2D eigenvalue weighted by atomic mass is 16.5. The van der Waals surface area contributed by atoms with Gasteiger partial charge in [-0.15, -0.1) is 0 Å². The predicted octanol–water partition coefficient (Wildman–Crippen LogP) is 6.15. The SMILES string of the molecule is CC(=O)OC/C=C1\CCCC2(C)C1CCC2C(C)CCCC(C)C. The molecule has 0 bridgehead atoms. The Bertz CT molecular complexity index is 451. The number of carbonyl (C=O) groups excluding carboxylic acids is 1. The molecule has 24 heavy (non-hydrogen) atoms. The quantitative estimate of drug-likeness (QED) is 0.412. The van der Waals surface area contributed by atoms with Crippen molar-refractivity contribution in [1.82, 2.24) is 0 Å². The summed E-state index contributed by atoms with van der Waals surface area (Å²) in [7, 11) is 0. The standard InChI is InChI=1S/C22H38O2/c1-16(2)8-6-9-17(3)20-11-12-21-19(13-15-24-18(4)23)10-7-14-22(20,21)5/h13,16-17,20-21H,6-12,14-15H2,1-5H3/b19-13+. The van der Waals surface area contributed by atoms with Crippen LogP contribution in [0.1, 0.15) is 86.0 Å². The molecule has 0 heterocycles. The van der Waals surface area contributed by atoms with Gasteiger partial charge in [-0.3, -0.25) is 4.79 Å². The molecule has 138 valence electrons. The van der Waals surface area contributed by atoms with Gasteiger partial charge in [-0.2, -0.15) is 0 Å². The fourth-order valence-corrected chi connectivity index (χ4v) is 5.57. The molecule has 2 rings (SSSR count). The minimum Gasteiger partial charge on any atom is -0.462 e. The molecule has 0 aromatic carbocycles. The summed E-state index contributed by atoms with van der Waals surface area (Å²) in [5, 5.41) is 0. The maximum atomic E-state index is 11.0. The van der Waals surface area contributed by atoms with Crippen LogP contribution in [-0.4, -0.2) is 12.6 Å². The van der Waals surface area contributed by atoms with E-state index < -0.39 is 0 Å². The Hall–Kier alpha value is -0.790. The minimum atomic E-state index is -0.173. The first-order valence-corrected chi connectivity index (χ1v) is 10.2. The Labute approximate surface area is 149 Å². The van der Waals surface area contributed by atoms with Crippen molar-refractivity contribution in [2.45, 2.75) is 86.0 Å². The molecular formula is C22H38O2. The molecule has 0 aromatic rings. The average molecular weight is 335 g/mol. The van der Waals surface area contributed by atoms with E-state index in [2.05, 4.69) is 33.8 Å². The van der Waals surface area contributed by atoms with Crippen LogP contribution in [0.4, 0.5) is 0 Å². The molecule has 0 radical (unpaired) electrons. The van der Waals surface area contributed by atoms with E-state index >= 15 is 0 Å². The smallest absolute Gasteiger partial charge is 0.302 e. The summed E-state index contributed by atoms with van der Waals surface area (Å²) in [6.45, 7) is 11.7. The first-order chi connectivity index (χ1) is 11.3. The molecular weight excluding hydrogens is 296 g/mol. The highest BCUT2D eigenvalue weighted by molar-refractivity contribution is 5.66. The lowest BCUT2D eigenvalue weighted by molar-refractivity contribution is -0.139. The van der Waals surface area contributed by atoms with Crippen molar-refractivity contribution < 1.29 is 9.53 Å². The van der Waals surface area contributed by atoms with Gasteiger partial charge in [-0.1, -0.05) is 52.5 Å². The van der Waals surface area contributed by atoms with E-state index in [0.717, 1.165) is 23.7 Å². The lowest BCUT2D eigenvalue weighted by atomic mass is 9.60. The third kappa shape index (κ3) is 4.64. The lowest BCUT2D eigenvalue weighted by Gasteiger charge is -2.44. The van der Waals surface area contributed by atoms with Gasteiger partial charge >= 0.3 is 5.97 Å². The number of rotatable bonds is 7. The summed E-state index contributed by atoms with van der Waals surface area (Å²) in [5.41, 5.74) is 2.04. The largest absolute Gasteiger partial charge is 0.462 e. The molecule has 4 atom stereocenters. The van der Waals surface area contributed by atoms with E-state index in [0.29, 0.717) is 12.0 Å². The van der Waals surface area contributed by atoms with Crippen LogP contribution in [0, 0.1) is 29.1 Å². The Kier molecular flexibility index (Phi) is 6.95. The van der Waals surface area contributed by atoms with E-state index in [1.807, 2.05) is 0 Å². The van der Waals surface area contributed by atoms with Crippen LogP contribution in [0.25, 0.3) is 0 Å². The van der Waals surface area contributed by atoms with E-state index in [4.69, 9.17) is 4.74 Å². The van der Waals surface area contributed by atoms with Crippen molar-refractivity contribution in [2.24, 2.45) is 29.1 Å². The molecule has 2 saturated carbocycles. The molecule has 0 aliphatic heterocycles. The Morgan fingerprint density at radius 1 is 1.29 bits per heavy atom. The zero-order chi connectivity index (χ0) is 17.7. The summed E-state index contributed by atoms with van der Waals surface area (Å²) in [5.74, 6) is 3.08. The number of allylic oxidation sites excluding steroid dienone is 1. The summed E-state index contributed by atoms with van der Waals surface area (Å²) < 4.78 is 5.16. The van der Waals surface area contributed by atoms with E-state index in [9.17, 15) is 4.79 Å². The molecule has 0 aromatic heterocycles. The van der Waals surface area contributed by atoms with Gasteiger partial charge in [0.2, 0.25) is 0 Å². The van der Waals surface area contributed by atoms with Crippen LogP contribution in [0.15, 0.2) is 11.6 Å². The maximum absolute atomic E-state index is 11.0. The second-order valence-corrected chi connectivity index (χ2v) is 8.98. The van der Waals surface area contributed by atoms with Crippen LogP contribution in [0.3, 0.4) is 0 Å². The fourth-order valence-electron chi connectivity index (χ4n) is 5.57. The predicted molar refractivity (Wildman–Crippen MR) is 101 cm³/mol. The van der Waals surface area contributed by atoms with Crippen molar-refractivity contribution in [3.8, 4) is 0 Å². The third-order valence-corrected chi connectivity index (χ3v) is 6.80. The number of carbonyl (C=O) groups is 1. The topological polar surface area (TPSA) is 26.3 Å². The summed E-state index contributed by atoms with van der Waals surface area (Å²) in [6.07, 6.45) is 12.9. The molecule has 0 N–H and O–H groups in total. The van der Waals surface area contributed by atoms with E-state index in [-0.39, 0.29) is 5.97 Å². The first-order valence-electron chi connectivity index (χ1n) is 10.2. The Balaban J connectivity index is 1.99. The molecule has 2 aliphatic rings. The molecule has 2 fully saturated rings. The fraction of sp³-hybridized carbons (Fsp3) is 0.864. The van der Waals surface area contributed by atoms with Gasteiger partial charge in [0.1, 0.15) is 6.61 Å². The lowest BCUT2D eigenvalue weighted by Crippen LogP contribution is -2.36. The molecule has 2 nitrogen and oxygen atoms in total. The second kappa shape index (κ2) is 8.54. The molecule has 0 amide bonds. The Morgan fingerprint density at radius 2 is 2.04 bits per heavy atom. The van der Waals surface area contributed by atoms with Gasteiger partial charge in [-0.05, 0) is 67.3 Å². The van der Waals surface area contributed by atoms with Crippen molar-refractivity contribution in [2.75, 3.05) is 6.61 Å². The van der Waals surface area contributed by atoms with Crippen LogP contribution < -0.4 is 0 Å². The van der Waals surface area contributed by atoms with Gasteiger partial charge in [-0.25, -0.2) is 0 Å². The molecule has 0 spiro atoms. The zero-order valence-corrected chi connectivity index (χ0v) is 16.6. The molecule has 2 heteroatoms. The zero-order valence-electron chi connectivity index (χ0n) is 16.6. The first kappa shape index (κ1) is 19.5. The van der Waals surface area contributed by atoms with Gasteiger partial charge in [0.15, 0.2) is 0 Å². The molecule has 4 unspecified atom stereocenters. The van der Waals surface area contributed by atoms with Gasteiger partial charge in [0.25, 0.3) is 0 Å². The van der Waals surface area contributed by atoms with Crippen molar-refractivity contribution in [3.63, 3.8) is 0 Å². The second-order valence-electron chi connectivity index (χ2n) is 8.98. The Morgan fingerprint density at radius 3 is 2.71 bits per heavy atom. The van der Waals surface area contributed by atoms with Gasteiger partial charge in [0.05, 0.1) is 0 Å². The van der Waals surface area contributed by atoms with Crippen molar-refractivity contribution in [3.05, 3.63) is 11.6 Å². The summed E-state index contributed by atoms with van der Waals surface area (Å²) >= 11 is 0. The van der Waals surface area contributed by atoms with Gasteiger partial charge in [0, 0.05) is 6.92 Å². The van der Waals surface area contributed by atoms with E-state index in [1.165, 1.54) is 58.3 Å². The third-order valence-electron chi connectivity index (χ3n) is 6.80. The van der Waals surface area contributed by atoms with Crippen LogP contribution in [0.5, 0.6) is 0 Å². The number of hydrogen-bond donors (Lipinski definition) is 0. The number of fused-ring (bicyclic) bond motifs is 1. The monoisotopic (exact) mass is 334 g/mol. The van der Waals surface area contributed by atoms with Crippen molar-refractivity contribution >= 4 is 5.97 Å². The summed E-state index contributed by atoms with van der Waals surface area (Å²) in [4.78, 5) is 11.0. The summed E-state index contributed by atoms with van der Waals surface area (Å²) in [6, 6.07) is 0. The average Bonchev–Trinajstić information content (AvgIpc) is 2.84. The minimum absolute atomic E-state index is 0.173. The highest BCUT2D eigenvalue weighted by Crippen LogP contribution is 2.59. The molecule has 0 saturated heterocycles.